The fourth-order valence-corrected chi connectivity index (χ4v) is 2.84. The summed E-state index contributed by atoms with van der Waals surface area (Å²) >= 11 is 5.19. The van der Waals surface area contributed by atoms with Crippen molar-refractivity contribution >= 4 is 33.6 Å². The Hall–Kier alpha value is -0.520. The molecule has 3 nitrogen and oxygen atoms in total. The van der Waals surface area contributed by atoms with Crippen molar-refractivity contribution in [3.8, 4) is 0 Å². The predicted molar refractivity (Wildman–Crippen MR) is 71.0 cm³/mol. The van der Waals surface area contributed by atoms with Crippen LogP contribution in [0.5, 0.6) is 0 Å². The summed E-state index contributed by atoms with van der Waals surface area (Å²) in [6, 6.07) is 8.14. The van der Waals surface area contributed by atoms with Crippen molar-refractivity contribution in [2.45, 2.75) is 29.9 Å². The molecule has 1 aromatic rings. The minimum atomic E-state index is -0.110. The van der Waals surface area contributed by atoms with Gasteiger partial charge in [-0.25, -0.2) is 5.84 Å². The van der Waals surface area contributed by atoms with Crippen molar-refractivity contribution in [2.75, 3.05) is 0 Å². The molecule has 0 fully saturated rings. The molecule has 1 rings (SSSR count). The summed E-state index contributed by atoms with van der Waals surface area (Å²) in [7, 11) is 0. The zero-order chi connectivity index (χ0) is 12.0. The molecule has 0 saturated heterocycles. The third-order valence-corrected chi connectivity index (χ3v) is 3.73. The van der Waals surface area contributed by atoms with Crippen LogP contribution >= 0.6 is 27.7 Å². The summed E-state index contributed by atoms with van der Waals surface area (Å²) in [5.74, 6) is 4.91. The number of hydrogen-bond acceptors (Lipinski definition) is 3. The molecule has 0 heterocycles. The van der Waals surface area contributed by atoms with Gasteiger partial charge in [-0.05, 0) is 24.6 Å². The molecule has 3 N–H and O–H groups in total. The molecule has 0 aliphatic rings. The lowest BCUT2D eigenvalue weighted by Crippen LogP contribution is -2.30. The minimum Gasteiger partial charge on any atom is -0.294 e. The summed E-state index contributed by atoms with van der Waals surface area (Å²) < 4.78 is 1.07. The van der Waals surface area contributed by atoms with Gasteiger partial charge < -0.3 is 0 Å². The first kappa shape index (κ1) is 13.5. The summed E-state index contributed by atoms with van der Waals surface area (Å²) in [5.41, 5.74) is 2.14. The normalized spacial score (nSPS) is 12.2. The van der Waals surface area contributed by atoms with Crippen LogP contribution in [0, 0.1) is 0 Å². The Kier molecular flexibility index (Phi) is 5.87. The molecule has 0 saturated carbocycles. The van der Waals surface area contributed by atoms with Gasteiger partial charge in [-0.1, -0.05) is 28.9 Å². The second-order valence-electron chi connectivity index (χ2n) is 3.49. The van der Waals surface area contributed by atoms with Gasteiger partial charge in [0, 0.05) is 21.0 Å². The van der Waals surface area contributed by atoms with Gasteiger partial charge in [-0.3, -0.25) is 10.2 Å². The van der Waals surface area contributed by atoms with Crippen LogP contribution in [0.25, 0.3) is 0 Å². The standard InChI is InChI=1S/C11H15BrN2OS/c1-8(5-6-11(15)14-13)16-10-4-2-3-9(12)7-10/h2-4,7-8H,5-6,13H2,1H3,(H,14,15). The Labute approximate surface area is 108 Å². The van der Waals surface area contributed by atoms with Crippen molar-refractivity contribution in [1.29, 1.82) is 0 Å². The first-order valence-corrected chi connectivity index (χ1v) is 6.70. The van der Waals surface area contributed by atoms with Crippen molar-refractivity contribution in [3.05, 3.63) is 28.7 Å². The van der Waals surface area contributed by atoms with Crippen molar-refractivity contribution in [1.82, 2.24) is 5.43 Å². The largest absolute Gasteiger partial charge is 0.294 e. The fraction of sp³-hybridized carbons (Fsp3) is 0.364. The van der Waals surface area contributed by atoms with E-state index in [1.54, 1.807) is 11.8 Å². The Morgan fingerprint density at radius 1 is 1.62 bits per heavy atom. The highest BCUT2D eigenvalue weighted by Gasteiger charge is 2.07. The van der Waals surface area contributed by atoms with Crippen LogP contribution < -0.4 is 11.3 Å². The third kappa shape index (κ3) is 5.01. The van der Waals surface area contributed by atoms with Crippen LogP contribution in [0.2, 0.25) is 0 Å². The van der Waals surface area contributed by atoms with E-state index in [0.717, 1.165) is 10.9 Å². The van der Waals surface area contributed by atoms with Gasteiger partial charge in [0.25, 0.3) is 0 Å². The SMILES string of the molecule is CC(CCC(=O)NN)Sc1cccc(Br)c1. The maximum atomic E-state index is 11.0. The molecule has 1 unspecified atom stereocenters. The highest BCUT2D eigenvalue weighted by atomic mass is 79.9. The molecular weight excluding hydrogens is 288 g/mol. The topological polar surface area (TPSA) is 55.1 Å². The molecule has 1 atom stereocenters. The summed E-state index contributed by atoms with van der Waals surface area (Å²) in [4.78, 5) is 12.2. The number of nitrogens with two attached hydrogens (primary N) is 1. The Morgan fingerprint density at radius 2 is 2.38 bits per heavy atom. The number of hydrogen-bond donors (Lipinski definition) is 2. The van der Waals surface area contributed by atoms with Crippen LogP contribution in [-0.2, 0) is 4.79 Å². The van der Waals surface area contributed by atoms with Crippen LogP contribution in [0.15, 0.2) is 33.6 Å². The van der Waals surface area contributed by atoms with E-state index >= 15 is 0 Å². The lowest BCUT2D eigenvalue weighted by atomic mass is 10.2. The van der Waals surface area contributed by atoms with Crippen LogP contribution in [0.1, 0.15) is 19.8 Å². The van der Waals surface area contributed by atoms with E-state index in [9.17, 15) is 4.79 Å². The molecule has 88 valence electrons. The molecule has 0 radical (unpaired) electrons. The van der Waals surface area contributed by atoms with Gasteiger partial charge in [0.1, 0.15) is 0 Å². The van der Waals surface area contributed by atoms with Crippen molar-refractivity contribution in [3.63, 3.8) is 0 Å². The number of carbonyl (C=O) groups is 1. The van der Waals surface area contributed by atoms with Crippen molar-refractivity contribution < 1.29 is 4.79 Å². The summed E-state index contributed by atoms with van der Waals surface area (Å²) in [6.07, 6.45) is 1.29. The van der Waals surface area contributed by atoms with Gasteiger partial charge in [-0.15, -0.1) is 11.8 Å². The zero-order valence-corrected chi connectivity index (χ0v) is 11.5. The number of amides is 1. The molecule has 0 aliphatic heterocycles. The first-order chi connectivity index (χ1) is 7.61. The second-order valence-corrected chi connectivity index (χ2v) is 5.92. The zero-order valence-electron chi connectivity index (χ0n) is 9.07. The summed E-state index contributed by atoms with van der Waals surface area (Å²) in [6.45, 7) is 2.11. The molecule has 5 heteroatoms. The molecular formula is C11H15BrN2OS. The van der Waals surface area contributed by atoms with Crippen LogP contribution in [0.3, 0.4) is 0 Å². The minimum absolute atomic E-state index is 0.110. The van der Waals surface area contributed by atoms with Crippen molar-refractivity contribution in [2.24, 2.45) is 5.84 Å². The van der Waals surface area contributed by atoms with Gasteiger partial charge >= 0.3 is 0 Å². The number of hydrazine groups is 1. The van der Waals surface area contributed by atoms with Gasteiger partial charge in [0.2, 0.25) is 5.91 Å². The maximum Gasteiger partial charge on any atom is 0.233 e. The first-order valence-electron chi connectivity index (χ1n) is 5.03. The Bertz CT molecular complexity index is 360. The molecule has 0 aliphatic carbocycles. The van der Waals surface area contributed by atoms with Crippen LogP contribution in [-0.4, -0.2) is 11.2 Å². The van der Waals surface area contributed by atoms with E-state index in [4.69, 9.17) is 5.84 Å². The maximum absolute atomic E-state index is 11.0. The molecule has 0 bridgehead atoms. The van der Waals surface area contributed by atoms with Gasteiger partial charge in [-0.2, -0.15) is 0 Å². The van der Waals surface area contributed by atoms with Gasteiger partial charge in [0.15, 0.2) is 0 Å². The predicted octanol–water partition coefficient (Wildman–Crippen LogP) is 2.70. The second kappa shape index (κ2) is 6.93. The molecule has 1 aromatic carbocycles. The van der Waals surface area contributed by atoms with E-state index in [0.29, 0.717) is 11.7 Å². The third-order valence-electron chi connectivity index (χ3n) is 2.07. The number of benzene rings is 1. The fourth-order valence-electron chi connectivity index (χ4n) is 1.24. The van der Waals surface area contributed by atoms with E-state index in [1.807, 2.05) is 12.1 Å². The number of carbonyl (C=O) groups excluding carboxylic acids is 1. The number of thioether (sulfide) groups is 1. The number of rotatable bonds is 5. The average molecular weight is 303 g/mol. The smallest absolute Gasteiger partial charge is 0.233 e. The van der Waals surface area contributed by atoms with Gasteiger partial charge in [0.05, 0.1) is 0 Å². The molecule has 16 heavy (non-hydrogen) atoms. The van der Waals surface area contributed by atoms with E-state index in [-0.39, 0.29) is 5.91 Å². The van der Waals surface area contributed by atoms with E-state index in [1.165, 1.54) is 4.90 Å². The van der Waals surface area contributed by atoms with E-state index < -0.39 is 0 Å². The monoisotopic (exact) mass is 302 g/mol. The van der Waals surface area contributed by atoms with Crippen LogP contribution in [0.4, 0.5) is 0 Å². The Morgan fingerprint density at radius 3 is 3.00 bits per heavy atom. The van der Waals surface area contributed by atoms with E-state index in [2.05, 4.69) is 40.4 Å². The molecule has 0 spiro atoms. The number of halogens is 1. The summed E-state index contributed by atoms with van der Waals surface area (Å²) in [5, 5.41) is 0.395. The number of nitrogens with one attached hydrogen (secondary N) is 1. The average Bonchev–Trinajstić information content (AvgIpc) is 2.26. The molecule has 0 aromatic heterocycles. The molecule has 1 amide bonds. The highest BCUT2D eigenvalue weighted by Crippen LogP contribution is 2.27. The highest BCUT2D eigenvalue weighted by molar-refractivity contribution is 9.10. The lowest BCUT2D eigenvalue weighted by Gasteiger charge is -2.10. The lowest BCUT2D eigenvalue weighted by molar-refractivity contribution is -0.121. The Balaban J connectivity index is 2.39. The quantitative estimate of drug-likeness (QED) is 0.380.